The lowest BCUT2D eigenvalue weighted by Gasteiger charge is -2.06. The summed E-state index contributed by atoms with van der Waals surface area (Å²) in [6, 6.07) is 1.02. The molecule has 0 spiro atoms. The number of nitrogens with two attached hydrogens (primary N) is 1. The highest BCUT2D eigenvalue weighted by molar-refractivity contribution is 7.90. The van der Waals surface area contributed by atoms with Gasteiger partial charge in [-0.05, 0) is 6.42 Å². The van der Waals surface area contributed by atoms with Gasteiger partial charge in [0.15, 0.2) is 0 Å². The van der Waals surface area contributed by atoms with Crippen molar-refractivity contribution in [1.29, 1.82) is 0 Å². The van der Waals surface area contributed by atoms with E-state index in [2.05, 4.69) is 10.3 Å². The predicted molar refractivity (Wildman–Crippen MR) is 72.0 cm³/mol. The Morgan fingerprint density at radius 3 is 2.75 bits per heavy atom. The molecule has 0 unspecified atom stereocenters. The smallest absolute Gasteiger partial charge is 0.288 e. The molecule has 1 aromatic rings. The lowest BCUT2D eigenvalue weighted by atomic mass is 10.2. The average Bonchev–Trinajstić information content (AvgIpc) is 2.33. The molecule has 0 aromatic carbocycles. The van der Waals surface area contributed by atoms with Gasteiger partial charge in [0.2, 0.25) is 0 Å². The van der Waals surface area contributed by atoms with Crippen LogP contribution in [0.15, 0.2) is 12.3 Å². The van der Waals surface area contributed by atoms with E-state index in [-0.39, 0.29) is 35.8 Å². The molecule has 110 valence electrons. The quantitative estimate of drug-likeness (QED) is 0.418. The van der Waals surface area contributed by atoms with E-state index in [1.165, 1.54) is 0 Å². The van der Waals surface area contributed by atoms with Crippen LogP contribution in [0.4, 0.5) is 11.5 Å². The van der Waals surface area contributed by atoms with Crippen molar-refractivity contribution in [3.05, 3.63) is 27.9 Å². The number of hydrogen-bond donors (Lipinski definition) is 2. The van der Waals surface area contributed by atoms with Crippen LogP contribution in [-0.4, -0.2) is 42.8 Å². The molecule has 0 aliphatic carbocycles. The monoisotopic (exact) mass is 302 g/mol. The fourth-order valence-corrected chi connectivity index (χ4v) is 2.05. The number of amides is 1. The first-order chi connectivity index (χ1) is 9.20. The first-order valence-corrected chi connectivity index (χ1v) is 7.62. The summed E-state index contributed by atoms with van der Waals surface area (Å²) in [5.41, 5.74) is 5.01. The van der Waals surface area contributed by atoms with E-state index in [0.29, 0.717) is 0 Å². The third-order valence-corrected chi connectivity index (χ3v) is 3.37. The molecular weight excluding hydrogens is 288 g/mol. The van der Waals surface area contributed by atoms with Crippen LogP contribution in [0.2, 0.25) is 0 Å². The van der Waals surface area contributed by atoms with Crippen LogP contribution in [-0.2, 0) is 9.84 Å². The maximum atomic E-state index is 11.8. The zero-order valence-electron chi connectivity index (χ0n) is 10.7. The van der Waals surface area contributed by atoms with Crippen LogP contribution in [0.3, 0.4) is 0 Å². The lowest BCUT2D eigenvalue weighted by Crippen LogP contribution is -2.27. The van der Waals surface area contributed by atoms with Gasteiger partial charge in [-0.3, -0.25) is 14.9 Å². The molecule has 9 nitrogen and oxygen atoms in total. The van der Waals surface area contributed by atoms with Gasteiger partial charge >= 0.3 is 0 Å². The number of anilines is 1. The first-order valence-electron chi connectivity index (χ1n) is 5.56. The van der Waals surface area contributed by atoms with Crippen LogP contribution in [0.25, 0.3) is 0 Å². The number of aromatic nitrogens is 1. The first kappa shape index (κ1) is 15.8. The lowest BCUT2D eigenvalue weighted by molar-refractivity contribution is -0.385. The topological polar surface area (TPSA) is 145 Å². The molecule has 0 radical (unpaired) electrons. The molecule has 1 heterocycles. The molecule has 0 atom stereocenters. The van der Waals surface area contributed by atoms with Gasteiger partial charge < -0.3 is 11.1 Å². The Balaban J connectivity index is 2.68. The van der Waals surface area contributed by atoms with Crippen LogP contribution >= 0.6 is 0 Å². The zero-order valence-corrected chi connectivity index (χ0v) is 11.5. The van der Waals surface area contributed by atoms with Crippen LogP contribution < -0.4 is 11.1 Å². The summed E-state index contributed by atoms with van der Waals surface area (Å²) >= 11 is 0. The Morgan fingerprint density at radius 1 is 1.55 bits per heavy atom. The number of pyridine rings is 1. The van der Waals surface area contributed by atoms with E-state index in [9.17, 15) is 23.3 Å². The number of nitrogens with one attached hydrogen (secondary N) is 1. The fraction of sp³-hybridized carbons (Fsp3) is 0.400. The van der Waals surface area contributed by atoms with E-state index >= 15 is 0 Å². The Hall–Kier alpha value is -2.23. The number of sulfone groups is 1. The molecular formula is C10H14N4O5S. The Bertz CT molecular complexity index is 629. The largest absolute Gasteiger partial charge is 0.383 e. The Labute approximate surface area is 115 Å². The van der Waals surface area contributed by atoms with Gasteiger partial charge in [-0.25, -0.2) is 13.4 Å². The number of rotatable bonds is 6. The van der Waals surface area contributed by atoms with Gasteiger partial charge in [-0.2, -0.15) is 0 Å². The highest BCUT2D eigenvalue weighted by atomic mass is 32.2. The third kappa shape index (κ3) is 4.80. The second-order valence-electron chi connectivity index (χ2n) is 4.12. The highest BCUT2D eigenvalue weighted by Gasteiger charge is 2.16. The van der Waals surface area contributed by atoms with Crippen molar-refractivity contribution in [2.45, 2.75) is 6.42 Å². The van der Waals surface area contributed by atoms with Crippen molar-refractivity contribution in [2.75, 3.05) is 24.3 Å². The highest BCUT2D eigenvalue weighted by Crippen LogP contribution is 2.16. The number of carbonyl (C=O) groups excluding carboxylic acids is 1. The Kier molecular flexibility index (Phi) is 4.97. The summed E-state index contributed by atoms with van der Waals surface area (Å²) < 4.78 is 21.8. The van der Waals surface area contributed by atoms with Gasteiger partial charge in [-0.15, -0.1) is 0 Å². The van der Waals surface area contributed by atoms with Gasteiger partial charge in [0.05, 0.1) is 16.2 Å². The zero-order chi connectivity index (χ0) is 15.3. The summed E-state index contributed by atoms with van der Waals surface area (Å²) in [5, 5.41) is 13.0. The van der Waals surface area contributed by atoms with E-state index in [0.717, 1.165) is 18.5 Å². The molecule has 0 fully saturated rings. The maximum absolute atomic E-state index is 11.8. The molecule has 1 aromatic heterocycles. The minimum Gasteiger partial charge on any atom is -0.383 e. The van der Waals surface area contributed by atoms with Crippen molar-refractivity contribution in [3.63, 3.8) is 0 Å². The minimum atomic E-state index is -3.09. The van der Waals surface area contributed by atoms with Crippen LogP contribution in [0, 0.1) is 10.1 Å². The van der Waals surface area contributed by atoms with Crippen molar-refractivity contribution in [1.82, 2.24) is 10.3 Å². The molecule has 1 rings (SSSR count). The predicted octanol–water partition coefficient (Wildman–Crippen LogP) is -0.263. The van der Waals surface area contributed by atoms with Gasteiger partial charge in [0.1, 0.15) is 21.9 Å². The summed E-state index contributed by atoms with van der Waals surface area (Å²) in [6.07, 6.45) is 2.29. The Morgan fingerprint density at radius 2 is 2.20 bits per heavy atom. The standard InChI is InChI=1S/C10H14N4O5S/c1-20(18,19)4-2-3-12-10(15)8-5-7(14(16)17)6-13-9(8)11/h5-6H,2-4H2,1H3,(H2,11,13)(H,12,15). The number of nitro groups is 1. The van der Waals surface area contributed by atoms with Crippen LogP contribution in [0.5, 0.6) is 0 Å². The average molecular weight is 302 g/mol. The van der Waals surface area contributed by atoms with E-state index < -0.39 is 20.7 Å². The molecule has 0 bridgehead atoms. The number of nitrogens with zero attached hydrogens (tertiary/aromatic N) is 2. The van der Waals surface area contributed by atoms with Gasteiger partial charge in [-0.1, -0.05) is 0 Å². The van der Waals surface area contributed by atoms with Crippen molar-refractivity contribution >= 4 is 27.2 Å². The number of hydrogen-bond acceptors (Lipinski definition) is 7. The SMILES string of the molecule is CS(=O)(=O)CCCNC(=O)c1cc([N+](=O)[O-])cnc1N. The molecule has 0 aliphatic rings. The molecule has 0 aliphatic heterocycles. The summed E-state index contributed by atoms with van der Waals surface area (Å²) in [5.74, 6) is -0.820. The van der Waals surface area contributed by atoms with Gasteiger partial charge in [0.25, 0.3) is 11.6 Å². The molecule has 1 amide bonds. The third-order valence-electron chi connectivity index (χ3n) is 2.34. The molecule has 10 heteroatoms. The van der Waals surface area contributed by atoms with Crippen LogP contribution in [0.1, 0.15) is 16.8 Å². The summed E-state index contributed by atoms with van der Waals surface area (Å²) in [6.45, 7) is 0.119. The second kappa shape index (κ2) is 6.28. The number of nitrogen functional groups attached to an aromatic ring is 1. The van der Waals surface area contributed by atoms with E-state index in [1.807, 2.05) is 0 Å². The molecule has 20 heavy (non-hydrogen) atoms. The van der Waals surface area contributed by atoms with Crippen molar-refractivity contribution in [2.24, 2.45) is 0 Å². The molecule has 3 N–H and O–H groups in total. The van der Waals surface area contributed by atoms with Crippen molar-refractivity contribution < 1.29 is 18.1 Å². The normalized spacial score (nSPS) is 11.1. The van der Waals surface area contributed by atoms with Gasteiger partial charge in [0, 0.05) is 18.9 Å². The van der Waals surface area contributed by atoms with Crippen molar-refractivity contribution in [3.8, 4) is 0 Å². The molecule has 0 saturated carbocycles. The molecule has 0 saturated heterocycles. The van der Waals surface area contributed by atoms with E-state index in [1.54, 1.807) is 0 Å². The van der Waals surface area contributed by atoms with E-state index in [4.69, 9.17) is 5.73 Å². The second-order valence-corrected chi connectivity index (χ2v) is 6.38. The minimum absolute atomic E-state index is 0.0596. The fourth-order valence-electron chi connectivity index (χ4n) is 1.38. The summed E-state index contributed by atoms with van der Waals surface area (Å²) in [7, 11) is -3.09. The summed E-state index contributed by atoms with van der Waals surface area (Å²) in [4.78, 5) is 25.2. The maximum Gasteiger partial charge on any atom is 0.288 e. The number of carbonyl (C=O) groups is 1.